The predicted molar refractivity (Wildman–Crippen MR) is 175 cm³/mol. The Hall–Kier alpha value is -4.26. The molecule has 3 heterocycles. The third-order valence-corrected chi connectivity index (χ3v) is 9.62. The summed E-state index contributed by atoms with van der Waals surface area (Å²) in [6.07, 6.45) is 13.1. The topological polar surface area (TPSA) is 123 Å². The number of rotatable bonds is 11. The number of amides is 1. The van der Waals surface area contributed by atoms with Gasteiger partial charge in [0.05, 0.1) is 19.9 Å². The van der Waals surface area contributed by atoms with E-state index in [1.807, 2.05) is 53.2 Å². The molecule has 0 radical (unpaired) electrons. The van der Waals surface area contributed by atoms with E-state index in [-0.39, 0.29) is 35.7 Å². The van der Waals surface area contributed by atoms with Crippen molar-refractivity contribution in [3.05, 3.63) is 54.2 Å². The van der Waals surface area contributed by atoms with E-state index in [4.69, 9.17) is 14.5 Å². The summed E-state index contributed by atoms with van der Waals surface area (Å²) in [6.45, 7) is 7.02. The van der Waals surface area contributed by atoms with E-state index in [0.717, 1.165) is 68.2 Å². The van der Waals surface area contributed by atoms with E-state index in [2.05, 4.69) is 30.0 Å². The highest BCUT2D eigenvalue weighted by Crippen LogP contribution is 2.38. The molecule has 3 aromatic heterocycles. The summed E-state index contributed by atoms with van der Waals surface area (Å²) in [7, 11) is 1.55. The van der Waals surface area contributed by atoms with Gasteiger partial charge in [-0.2, -0.15) is 10.4 Å². The zero-order chi connectivity index (χ0) is 32.6. The van der Waals surface area contributed by atoms with Gasteiger partial charge >= 0.3 is 5.97 Å². The van der Waals surface area contributed by atoms with Crippen molar-refractivity contribution in [3.63, 3.8) is 0 Å². The van der Waals surface area contributed by atoms with Crippen molar-refractivity contribution in [2.75, 3.05) is 25.2 Å². The number of carbonyl (C=O) groups is 2. The van der Waals surface area contributed by atoms with Crippen molar-refractivity contribution in [2.24, 2.45) is 17.8 Å². The number of hydrogen-bond acceptors (Lipinski definition) is 8. The average Bonchev–Trinajstić information content (AvgIpc) is 3.59. The van der Waals surface area contributed by atoms with Crippen molar-refractivity contribution in [3.8, 4) is 22.9 Å². The molecule has 2 aliphatic rings. The number of carbonyl (C=O) groups excluding carboxylic acids is 2. The third-order valence-electron chi connectivity index (χ3n) is 9.62. The molecule has 0 aromatic carbocycles. The fourth-order valence-corrected chi connectivity index (χ4v) is 6.93. The summed E-state index contributed by atoms with van der Waals surface area (Å²) in [4.78, 5) is 37.6. The van der Waals surface area contributed by atoms with E-state index in [1.54, 1.807) is 13.3 Å². The molecule has 244 valence electrons. The Morgan fingerprint density at radius 2 is 1.78 bits per heavy atom. The van der Waals surface area contributed by atoms with Crippen LogP contribution in [0.25, 0.3) is 11.1 Å². The Labute approximate surface area is 272 Å². The van der Waals surface area contributed by atoms with Gasteiger partial charge in [-0.3, -0.25) is 19.2 Å². The SMILES string of the molecule is CCOC(=O)CC1CCC(C(=O)N(CC2CCC(c3ccc(OC)c(C#N)n3)CC2)c2cc(-c3cnn(C(C)C)c3)ccn2)CC1. The van der Waals surface area contributed by atoms with Crippen molar-refractivity contribution in [1.29, 1.82) is 5.26 Å². The van der Waals surface area contributed by atoms with Crippen LogP contribution in [0.15, 0.2) is 42.9 Å². The number of pyridine rings is 2. The molecule has 10 nitrogen and oxygen atoms in total. The molecule has 0 bridgehead atoms. The summed E-state index contributed by atoms with van der Waals surface area (Å²) in [5.74, 6) is 1.90. The quantitative estimate of drug-likeness (QED) is 0.211. The molecule has 2 saturated carbocycles. The van der Waals surface area contributed by atoms with Gasteiger partial charge in [-0.25, -0.2) is 9.97 Å². The van der Waals surface area contributed by atoms with Crippen LogP contribution in [0.5, 0.6) is 5.75 Å². The van der Waals surface area contributed by atoms with Crippen LogP contribution in [0, 0.1) is 29.1 Å². The van der Waals surface area contributed by atoms with Gasteiger partial charge in [0.25, 0.3) is 0 Å². The fourth-order valence-electron chi connectivity index (χ4n) is 6.93. The van der Waals surface area contributed by atoms with Crippen LogP contribution in [0.4, 0.5) is 5.82 Å². The molecule has 10 heteroatoms. The van der Waals surface area contributed by atoms with Crippen LogP contribution in [0.3, 0.4) is 0 Å². The average molecular weight is 627 g/mol. The number of nitrogens with zero attached hydrogens (tertiary/aromatic N) is 6. The summed E-state index contributed by atoms with van der Waals surface area (Å²) in [5.41, 5.74) is 3.23. The van der Waals surface area contributed by atoms with E-state index in [1.165, 1.54) is 0 Å². The predicted octanol–water partition coefficient (Wildman–Crippen LogP) is 6.87. The van der Waals surface area contributed by atoms with Gasteiger partial charge in [0.2, 0.25) is 5.91 Å². The molecule has 0 atom stereocenters. The number of esters is 1. The minimum atomic E-state index is -0.148. The van der Waals surface area contributed by atoms with Gasteiger partial charge in [-0.05, 0) is 114 Å². The lowest BCUT2D eigenvalue weighted by atomic mass is 9.78. The van der Waals surface area contributed by atoms with Crippen molar-refractivity contribution in [1.82, 2.24) is 19.7 Å². The summed E-state index contributed by atoms with van der Waals surface area (Å²) >= 11 is 0. The molecule has 2 aliphatic carbocycles. The zero-order valence-corrected chi connectivity index (χ0v) is 27.5. The smallest absolute Gasteiger partial charge is 0.306 e. The zero-order valence-electron chi connectivity index (χ0n) is 27.5. The minimum absolute atomic E-state index is 0.100. The fraction of sp³-hybridized carbons (Fsp3) is 0.556. The molecule has 0 spiro atoms. The highest BCUT2D eigenvalue weighted by molar-refractivity contribution is 5.94. The van der Waals surface area contributed by atoms with Crippen LogP contribution >= 0.6 is 0 Å². The molecular formula is C36H46N6O4. The highest BCUT2D eigenvalue weighted by Gasteiger charge is 2.34. The lowest BCUT2D eigenvalue weighted by Gasteiger charge is -2.35. The first-order valence-electron chi connectivity index (χ1n) is 16.7. The molecule has 0 saturated heterocycles. The van der Waals surface area contributed by atoms with Gasteiger partial charge in [0.15, 0.2) is 11.4 Å². The second kappa shape index (κ2) is 15.4. The van der Waals surface area contributed by atoms with Gasteiger partial charge in [0.1, 0.15) is 11.9 Å². The molecule has 46 heavy (non-hydrogen) atoms. The first kappa shape index (κ1) is 33.1. The number of anilines is 1. The summed E-state index contributed by atoms with van der Waals surface area (Å²) < 4.78 is 12.4. The molecule has 0 N–H and O–H groups in total. The van der Waals surface area contributed by atoms with Crippen LogP contribution in [0.1, 0.15) is 102 Å². The van der Waals surface area contributed by atoms with Crippen molar-refractivity contribution >= 4 is 17.7 Å². The Morgan fingerprint density at radius 1 is 1.04 bits per heavy atom. The number of hydrogen-bond donors (Lipinski definition) is 0. The maximum absolute atomic E-state index is 14.3. The van der Waals surface area contributed by atoms with Gasteiger partial charge < -0.3 is 9.47 Å². The van der Waals surface area contributed by atoms with Gasteiger partial charge in [0, 0.05) is 54.5 Å². The maximum Gasteiger partial charge on any atom is 0.306 e. The Morgan fingerprint density at radius 3 is 2.43 bits per heavy atom. The summed E-state index contributed by atoms with van der Waals surface area (Å²) in [5, 5.41) is 14.0. The van der Waals surface area contributed by atoms with E-state index in [9.17, 15) is 14.9 Å². The highest BCUT2D eigenvalue weighted by atomic mass is 16.5. The molecule has 2 fully saturated rings. The van der Waals surface area contributed by atoms with Gasteiger partial charge in [-0.15, -0.1) is 0 Å². The largest absolute Gasteiger partial charge is 0.494 e. The van der Waals surface area contributed by atoms with E-state index in [0.29, 0.717) is 42.8 Å². The van der Waals surface area contributed by atoms with Crippen LogP contribution < -0.4 is 9.64 Å². The first-order chi connectivity index (χ1) is 22.3. The van der Waals surface area contributed by atoms with E-state index < -0.39 is 0 Å². The molecule has 5 rings (SSSR count). The normalized spacial score (nSPS) is 21.4. The Bertz CT molecular complexity index is 1530. The minimum Gasteiger partial charge on any atom is -0.494 e. The monoisotopic (exact) mass is 626 g/mol. The van der Waals surface area contributed by atoms with Crippen molar-refractivity contribution in [2.45, 2.75) is 90.5 Å². The van der Waals surface area contributed by atoms with Crippen LogP contribution in [0.2, 0.25) is 0 Å². The number of ether oxygens (including phenoxy) is 2. The third kappa shape index (κ3) is 7.93. The van der Waals surface area contributed by atoms with Crippen molar-refractivity contribution < 1.29 is 19.1 Å². The summed E-state index contributed by atoms with van der Waals surface area (Å²) in [6, 6.07) is 10.2. The number of methoxy groups -OCH3 is 1. The number of aromatic nitrogens is 4. The van der Waals surface area contributed by atoms with Crippen LogP contribution in [-0.4, -0.2) is 51.9 Å². The molecule has 0 aliphatic heterocycles. The lowest BCUT2D eigenvalue weighted by Crippen LogP contribution is -2.42. The lowest BCUT2D eigenvalue weighted by molar-refractivity contribution is -0.144. The Balaban J connectivity index is 1.32. The molecule has 0 unspecified atom stereocenters. The Kier molecular flexibility index (Phi) is 11.1. The maximum atomic E-state index is 14.3. The second-order valence-electron chi connectivity index (χ2n) is 13.0. The molecular weight excluding hydrogens is 580 g/mol. The van der Waals surface area contributed by atoms with Gasteiger partial charge in [-0.1, -0.05) is 0 Å². The number of nitriles is 1. The molecule has 3 aromatic rings. The van der Waals surface area contributed by atoms with Crippen LogP contribution in [-0.2, 0) is 14.3 Å². The first-order valence-corrected chi connectivity index (χ1v) is 16.7. The standard InChI is InChI=1S/C36H46N6O4/c1-5-46-35(43)18-25-6-12-28(13-7-25)36(44)41(34-19-29(16-17-38-34)30-21-39-42(23-30)24(2)3)22-26-8-10-27(11-9-26)31-14-15-33(45-4)32(20-37)40-31/h14-17,19,21,23-28H,5-13,18,22H2,1-4H3. The second-order valence-corrected chi connectivity index (χ2v) is 13.0. The van der Waals surface area contributed by atoms with E-state index >= 15 is 0 Å². The molecule has 1 amide bonds.